The van der Waals surface area contributed by atoms with Crippen molar-refractivity contribution in [3.05, 3.63) is 22.4 Å². The van der Waals surface area contributed by atoms with E-state index in [1.807, 2.05) is 13.8 Å². The molecule has 0 saturated carbocycles. The van der Waals surface area contributed by atoms with Crippen molar-refractivity contribution in [2.75, 3.05) is 19.6 Å². The Morgan fingerprint density at radius 1 is 1.47 bits per heavy atom. The van der Waals surface area contributed by atoms with Crippen molar-refractivity contribution in [3.63, 3.8) is 0 Å². The molecule has 5 nitrogen and oxygen atoms in total. The molecule has 0 radical (unpaired) electrons. The first-order valence-electron chi connectivity index (χ1n) is 5.48. The number of rotatable bonds is 5. The van der Waals surface area contributed by atoms with Gasteiger partial charge in [-0.15, -0.1) is 0 Å². The molecule has 1 heterocycles. The van der Waals surface area contributed by atoms with Crippen LogP contribution >= 0.6 is 15.9 Å². The molecule has 1 aromatic rings. The summed E-state index contributed by atoms with van der Waals surface area (Å²) < 4.78 is 0.815. The van der Waals surface area contributed by atoms with Crippen LogP contribution in [0.1, 0.15) is 24.3 Å². The number of nitrogens with one attached hydrogen (secondary N) is 2. The third kappa shape index (κ3) is 3.89. The molecule has 0 unspecified atom stereocenters. The second kappa shape index (κ2) is 6.44. The molecular formula is C11H16BrN3O2. The fourth-order valence-corrected chi connectivity index (χ4v) is 1.76. The van der Waals surface area contributed by atoms with Crippen LogP contribution in [0, 0.1) is 0 Å². The molecule has 0 aliphatic heterocycles. The van der Waals surface area contributed by atoms with Crippen LogP contribution < -0.4 is 5.32 Å². The minimum Gasteiger partial charge on any atom is -0.356 e. The molecule has 2 amide bonds. The maximum absolute atomic E-state index is 12.0. The second-order valence-corrected chi connectivity index (χ2v) is 4.42. The Morgan fingerprint density at radius 3 is 2.65 bits per heavy atom. The van der Waals surface area contributed by atoms with Gasteiger partial charge in [-0.05, 0) is 35.8 Å². The summed E-state index contributed by atoms with van der Waals surface area (Å²) in [4.78, 5) is 27.8. The summed E-state index contributed by atoms with van der Waals surface area (Å²) in [5.41, 5.74) is 0.475. The number of aromatic amines is 1. The van der Waals surface area contributed by atoms with Crippen LogP contribution in [-0.2, 0) is 4.79 Å². The van der Waals surface area contributed by atoms with Crippen LogP contribution in [0.15, 0.2) is 16.7 Å². The van der Waals surface area contributed by atoms with Crippen LogP contribution in [0.25, 0.3) is 0 Å². The second-order valence-electron chi connectivity index (χ2n) is 3.50. The fraction of sp³-hybridized carbons (Fsp3) is 0.455. The summed E-state index contributed by atoms with van der Waals surface area (Å²) in [7, 11) is 0. The molecule has 0 saturated heterocycles. The summed E-state index contributed by atoms with van der Waals surface area (Å²) in [5, 5.41) is 2.67. The molecule has 0 bridgehead atoms. The Hall–Kier alpha value is -1.30. The van der Waals surface area contributed by atoms with E-state index in [1.54, 1.807) is 12.3 Å². The first-order chi connectivity index (χ1) is 8.08. The normalized spacial score (nSPS) is 10.1. The van der Waals surface area contributed by atoms with E-state index in [1.165, 1.54) is 4.90 Å². The van der Waals surface area contributed by atoms with Crippen molar-refractivity contribution in [1.29, 1.82) is 0 Å². The number of hydrogen-bond donors (Lipinski definition) is 2. The van der Waals surface area contributed by atoms with Gasteiger partial charge < -0.3 is 15.2 Å². The van der Waals surface area contributed by atoms with Gasteiger partial charge >= 0.3 is 0 Å². The lowest BCUT2D eigenvalue weighted by Gasteiger charge is -2.19. The van der Waals surface area contributed by atoms with E-state index in [0.717, 1.165) is 4.47 Å². The summed E-state index contributed by atoms with van der Waals surface area (Å²) in [6.07, 6.45) is 1.69. The number of carbonyl (C=O) groups is 2. The molecule has 1 rings (SSSR count). The summed E-state index contributed by atoms with van der Waals surface area (Å²) in [5.74, 6) is -0.322. The van der Waals surface area contributed by atoms with Gasteiger partial charge in [0.05, 0.1) is 6.54 Å². The maximum Gasteiger partial charge on any atom is 0.270 e. The van der Waals surface area contributed by atoms with Gasteiger partial charge in [0.2, 0.25) is 5.91 Å². The average molecular weight is 302 g/mol. The molecule has 0 fully saturated rings. The van der Waals surface area contributed by atoms with E-state index in [0.29, 0.717) is 18.8 Å². The van der Waals surface area contributed by atoms with Crippen molar-refractivity contribution < 1.29 is 9.59 Å². The molecule has 0 aliphatic carbocycles. The van der Waals surface area contributed by atoms with Crippen molar-refractivity contribution in [3.8, 4) is 0 Å². The lowest BCUT2D eigenvalue weighted by molar-refractivity contribution is -0.121. The molecule has 0 aliphatic rings. The van der Waals surface area contributed by atoms with E-state index in [-0.39, 0.29) is 18.4 Å². The van der Waals surface area contributed by atoms with Gasteiger partial charge in [0.15, 0.2) is 0 Å². The zero-order valence-corrected chi connectivity index (χ0v) is 11.5. The summed E-state index contributed by atoms with van der Waals surface area (Å²) >= 11 is 3.27. The molecule has 0 spiro atoms. The Morgan fingerprint density at radius 2 is 2.18 bits per heavy atom. The van der Waals surface area contributed by atoms with Gasteiger partial charge in [-0.25, -0.2) is 0 Å². The molecule has 2 N–H and O–H groups in total. The molecule has 0 aromatic carbocycles. The Labute approximate surface area is 109 Å². The molecular weight excluding hydrogens is 286 g/mol. The number of H-pyrrole nitrogens is 1. The Kier molecular flexibility index (Phi) is 5.21. The van der Waals surface area contributed by atoms with Gasteiger partial charge in [0, 0.05) is 23.8 Å². The van der Waals surface area contributed by atoms with E-state index >= 15 is 0 Å². The van der Waals surface area contributed by atoms with Gasteiger partial charge in [-0.1, -0.05) is 0 Å². The van der Waals surface area contributed by atoms with Crippen LogP contribution in [0.5, 0.6) is 0 Å². The van der Waals surface area contributed by atoms with Crippen molar-refractivity contribution in [2.45, 2.75) is 13.8 Å². The molecule has 0 atom stereocenters. The minimum absolute atomic E-state index is 0.0831. The molecule has 17 heavy (non-hydrogen) atoms. The first kappa shape index (κ1) is 13.8. The quantitative estimate of drug-likeness (QED) is 0.863. The van der Waals surface area contributed by atoms with Gasteiger partial charge in [-0.2, -0.15) is 0 Å². The monoisotopic (exact) mass is 301 g/mol. The SMILES string of the molecule is CCNC(=O)CN(CC)C(=O)c1cc(Br)c[nH]1. The predicted octanol–water partition coefficient (Wildman–Crippen LogP) is 1.38. The lowest BCUT2D eigenvalue weighted by Crippen LogP contribution is -2.40. The Balaban J connectivity index is 2.67. The van der Waals surface area contributed by atoms with Crippen LogP contribution in [0.2, 0.25) is 0 Å². The maximum atomic E-state index is 12.0. The topological polar surface area (TPSA) is 65.2 Å². The van der Waals surface area contributed by atoms with Crippen molar-refractivity contribution in [2.24, 2.45) is 0 Å². The lowest BCUT2D eigenvalue weighted by atomic mass is 10.3. The van der Waals surface area contributed by atoms with Crippen LogP contribution in [0.3, 0.4) is 0 Å². The highest BCUT2D eigenvalue weighted by molar-refractivity contribution is 9.10. The molecule has 1 aromatic heterocycles. The van der Waals surface area contributed by atoms with E-state index in [9.17, 15) is 9.59 Å². The predicted molar refractivity (Wildman–Crippen MR) is 68.8 cm³/mol. The van der Waals surface area contributed by atoms with Gasteiger partial charge in [0.1, 0.15) is 5.69 Å². The zero-order chi connectivity index (χ0) is 12.8. The third-order valence-electron chi connectivity index (χ3n) is 2.26. The largest absolute Gasteiger partial charge is 0.356 e. The van der Waals surface area contributed by atoms with E-state index in [2.05, 4.69) is 26.2 Å². The highest BCUT2D eigenvalue weighted by Crippen LogP contribution is 2.12. The first-order valence-corrected chi connectivity index (χ1v) is 6.27. The molecule has 94 valence electrons. The number of hydrogen-bond acceptors (Lipinski definition) is 2. The van der Waals surface area contributed by atoms with Crippen molar-refractivity contribution >= 4 is 27.7 Å². The minimum atomic E-state index is -0.176. The Bertz CT molecular complexity index is 403. The van der Waals surface area contributed by atoms with Crippen molar-refractivity contribution in [1.82, 2.24) is 15.2 Å². The van der Waals surface area contributed by atoms with Gasteiger partial charge in [-0.3, -0.25) is 9.59 Å². The zero-order valence-electron chi connectivity index (χ0n) is 9.92. The van der Waals surface area contributed by atoms with E-state index < -0.39 is 0 Å². The number of carbonyl (C=O) groups excluding carboxylic acids is 2. The van der Waals surface area contributed by atoms with E-state index in [4.69, 9.17) is 0 Å². The number of halogens is 1. The highest BCUT2D eigenvalue weighted by Gasteiger charge is 2.18. The summed E-state index contributed by atoms with van der Waals surface area (Å²) in [6.45, 7) is 4.83. The smallest absolute Gasteiger partial charge is 0.270 e. The van der Waals surface area contributed by atoms with Crippen LogP contribution in [-0.4, -0.2) is 41.3 Å². The number of likely N-dealkylation sites (N-methyl/N-ethyl adjacent to an activating group) is 2. The van der Waals surface area contributed by atoms with Crippen LogP contribution in [0.4, 0.5) is 0 Å². The fourth-order valence-electron chi connectivity index (χ4n) is 1.42. The third-order valence-corrected chi connectivity index (χ3v) is 2.71. The van der Waals surface area contributed by atoms with Gasteiger partial charge in [0.25, 0.3) is 5.91 Å². The number of aromatic nitrogens is 1. The summed E-state index contributed by atoms with van der Waals surface area (Å²) in [6, 6.07) is 1.70. The standard InChI is InChI=1S/C11H16BrN3O2/c1-3-13-10(16)7-15(4-2)11(17)9-5-8(12)6-14-9/h5-6,14H,3-4,7H2,1-2H3,(H,13,16). The average Bonchev–Trinajstić information content (AvgIpc) is 2.72. The number of amides is 2. The number of nitrogens with zero attached hydrogens (tertiary/aromatic N) is 1. The molecule has 6 heteroatoms. The highest BCUT2D eigenvalue weighted by atomic mass is 79.9.